The van der Waals surface area contributed by atoms with E-state index >= 15 is 0 Å². The first-order chi connectivity index (χ1) is 9.19. The maximum Gasteiger partial charge on any atom is 0.410 e. The molecule has 2 rings (SSSR count). The van der Waals surface area contributed by atoms with Crippen LogP contribution >= 0.6 is 0 Å². The van der Waals surface area contributed by atoms with Gasteiger partial charge in [0.1, 0.15) is 17.2 Å². The van der Waals surface area contributed by atoms with Gasteiger partial charge in [-0.3, -0.25) is 9.48 Å². The second kappa shape index (κ2) is 4.77. The molecule has 0 radical (unpaired) electrons. The van der Waals surface area contributed by atoms with Gasteiger partial charge in [-0.1, -0.05) is 5.21 Å². The fraction of sp³-hybridized carbons (Fsp3) is 0.667. The lowest BCUT2D eigenvalue weighted by Crippen LogP contribution is -2.43. The summed E-state index contributed by atoms with van der Waals surface area (Å²) in [4.78, 5) is 24.8. The van der Waals surface area contributed by atoms with E-state index in [4.69, 9.17) is 4.74 Å². The molecule has 0 fully saturated rings. The van der Waals surface area contributed by atoms with Crippen molar-refractivity contribution < 1.29 is 19.4 Å². The molecule has 1 atom stereocenters. The van der Waals surface area contributed by atoms with Gasteiger partial charge in [-0.15, -0.1) is 5.10 Å². The Kier molecular flexibility index (Phi) is 3.41. The van der Waals surface area contributed by atoms with E-state index in [0.717, 1.165) is 0 Å². The van der Waals surface area contributed by atoms with Gasteiger partial charge in [0.05, 0.1) is 12.2 Å². The molecule has 0 saturated heterocycles. The fourth-order valence-electron chi connectivity index (χ4n) is 2.16. The molecule has 110 valence electrons. The van der Waals surface area contributed by atoms with Crippen molar-refractivity contribution in [1.82, 2.24) is 19.9 Å². The highest BCUT2D eigenvalue weighted by molar-refractivity contribution is 5.78. The van der Waals surface area contributed by atoms with Gasteiger partial charge in [0.2, 0.25) is 0 Å². The van der Waals surface area contributed by atoms with Gasteiger partial charge < -0.3 is 14.7 Å². The average Bonchev–Trinajstić information content (AvgIpc) is 2.68. The molecule has 1 aliphatic heterocycles. The quantitative estimate of drug-likeness (QED) is 0.815. The lowest BCUT2D eigenvalue weighted by molar-refractivity contribution is -0.139. The third-order valence-electron chi connectivity index (χ3n) is 2.97. The molecule has 1 amide bonds. The number of nitrogens with zero attached hydrogens (tertiary/aromatic N) is 4. The lowest BCUT2D eigenvalue weighted by Gasteiger charge is -2.32. The Bertz CT molecular complexity index is 546. The van der Waals surface area contributed by atoms with Gasteiger partial charge in [0.25, 0.3) is 0 Å². The van der Waals surface area contributed by atoms with E-state index in [1.165, 1.54) is 9.58 Å². The van der Waals surface area contributed by atoms with Crippen LogP contribution in [0.25, 0.3) is 0 Å². The number of fused-ring (bicyclic) bond motifs is 1. The third-order valence-corrected chi connectivity index (χ3v) is 2.97. The number of hydrogen-bond donors (Lipinski definition) is 1. The summed E-state index contributed by atoms with van der Waals surface area (Å²) in [5.41, 5.74) is 0.410. The first-order valence-electron chi connectivity index (χ1n) is 6.28. The number of hydrogen-bond acceptors (Lipinski definition) is 5. The summed E-state index contributed by atoms with van der Waals surface area (Å²) in [6.07, 6.45) is -0.542. The number of ether oxygens (including phenoxy) is 1. The Morgan fingerprint density at radius 2 is 2.05 bits per heavy atom. The van der Waals surface area contributed by atoms with Crippen molar-refractivity contribution in [1.29, 1.82) is 0 Å². The number of amides is 1. The van der Waals surface area contributed by atoms with Gasteiger partial charge >= 0.3 is 12.1 Å². The number of aromatic nitrogens is 3. The number of carbonyl (C=O) groups is 2. The molecule has 0 aromatic carbocycles. The summed E-state index contributed by atoms with van der Waals surface area (Å²) < 4.78 is 6.71. The third kappa shape index (κ3) is 2.73. The summed E-state index contributed by atoms with van der Waals surface area (Å²) in [5.74, 6) is -1.85. The number of rotatable bonds is 1. The molecular weight excluding hydrogens is 264 g/mol. The maximum absolute atomic E-state index is 12.1. The Morgan fingerprint density at radius 3 is 2.60 bits per heavy atom. The van der Waals surface area contributed by atoms with Crippen molar-refractivity contribution in [3.8, 4) is 0 Å². The summed E-state index contributed by atoms with van der Waals surface area (Å²) in [6, 6.07) is 0. The molecule has 1 N–H and O–H groups in total. The molecule has 20 heavy (non-hydrogen) atoms. The first kappa shape index (κ1) is 14.3. The van der Waals surface area contributed by atoms with Crippen molar-refractivity contribution in [3.63, 3.8) is 0 Å². The molecule has 1 aromatic rings. The van der Waals surface area contributed by atoms with E-state index in [1.54, 1.807) is 27.8 Å². The number of aryl methyl sites for hydroxylation is 1. The Hall–Kier alpha value is -2.12. The first-order valence-corrected chi connectivity index (χ1v) is 6.28. The molecule has 1 aliphatic rings. The smallest absolute Gasteiger partial charge is 0.410 e. The van der Waals surface area contributed by atoms with Crippen molar-refractivity contribution in [3.05, 3.63) is 11.4 Å². The van der Waals surface area contributed by atoms with Crippen LogP contribution in [0.4, 0.5) is 4.79 Å². The zero-order chi connectivity index (χ0) is 15.1. The van der Waals surface area contributed by atoms with E-state index in [2.05, 4.69) is 10.3 Å². The summed E-state index contributed by atoms with van der Waals surface area (Å²) >= 11 is 0. The van der Waals surface area contributed by atoms with Gasteiger partial charge in [0.15, 0.2) is 0 Å². The second-order valence-electron chi connectivity index (χ2n) is 5.80. The Morgan fingerprint density at radius 1 is 1.40 bits per heavy atom. The molecule has 0 saturated carbocycles. The van der Waals surface area contributed by atoms with Gasteiger partial charge in [-0.2, -0.15) is 0 Å². The predicted molar refractivity (Wildman–Crippen MR) is 68.0 cm³/mol. The zero-order valence-corrected chi connectivity index (χ0v) is 12.0. The molecule has 0 aliphatic carbocycles. The van der Waals surface area contributed by atoms with Gasteiger partial charge in [-0.05, 0) is 20.8 Å². The standard InChI is InChI=1S/C12H18N4O4/c1-12(2,3)20-11(19)16-5-7(10(17)18)9-8(6-16)13-14-15(9)4/h7H,5-6H2,1-4H3,(H,17,18)/t7-/m1/s1. The highest BCUT2D eigenvalue weighted by Crippen LogP contribution is 2.27. The number of carboxylic acids is 1. The van der Waals surface area contributed by atoms with Crippen LogP contribution < -0.4 is 0 Å². The van der Waals surface area contributed by atoms with Crippen LogP contribution in [0, 0.1) is 0 Å². The second-order valence-corrected chi connectivity index (χ2v) is 5.80. The molecule has 1 aromatic heterocycles. The molecule has 0 bridgehead atoms. The average molecular weight is 282 g/mol. The highest BCUT2D eigenvalue weighted by atomic mass is 16.6. The van der Waals surface area contributed by atoms with Crippen molar-refractivity contribution in [2.75, 3.05) is 6.54 Å². The maximum atomic E-state index is 12.1. The predicted octanol–water partition coefficient (Wildman–Crippen LogP) is 0.734. The number of carbonyl (C=O) groups excluding carboxylic acids is 1. The molecule has 0 unspecified atom stereocenters. The summed E-state index contributed by atoms with van der Waals surface area (Å²) in [6.45, 7) is 5.55. The monoisotopic (exact) mass is 282 g/mol. The normalized spacial score (nSPS) is 18.6. The van der Waals surface area contributed by atoms with Crippen molar-refractivity contribution in [2.45, 2.75) is 38.8 Å². The summed E-state index contributed by atoms with van der Waals surface area (Å²) in [7, 11) is 1.64. The topological polar surface area (TPSA) is 97.5 Å². The molecule has 2 heterocycles. The van der Waals surface area contributed by atoms with Gasteiger partial charge in [0, 0.05) is 13.6 Å². The molecule has 8 nitrogen and oxygen atoms in total. The van der Waals surface area contributed by atoms with Gasteiger partial charge in [-0.25, -0.2) is 4.79 Å². The van der Waals surface area contributed by atoms with E-state index in [-0.39, 0.29) is 13.1 Å². The molecular formula is C12H18N4O4. The SMILES string of the molecule is Cn1nnc2c1[C@H](C(=O)O)CN(C(=O)OC(C)(C)C)C2. The molecule has 0 spiro atoms. The van der Waals surface area contributed by atoms with E-state index in [9.17, 15) is 14.7 Å². The minimum absolute atomic E-state index is 0.0540. The lowest BCUT2D eigenvalue weighted by atomic mass is 9.99. The van der Waals surface area contributed by atoms with Crippen molar-refractivity contribution >= 4 is 12.1 Å². The Labute approximate surface area is 116 Å². The molecule has 8 heteroatoms. The largest absolute Gasteiger partial charge is 0.481 e. The zero-order valence-electron chi connectivity index (χ0n) is 12.0. The van der Waals surface area contributed by atoms with Crippen LogP contribution in [0.5, 0.6) is 0 Å². The van der Waals surface area contributed by atoms with E-state index < -0.39 is 23.6 Å². The van der Waals surface area contributed by atoms with Crippen LogP contribution in [-0.2, 0) is 23.1 Å². The minimum atomic E-state index is -1.01. The van der Waals surface area contributed by atoms with E-state index in [1.807, 2.05) is 0 Å². The highest BCUT2D eigenvalue weighted by Gasteiger charge is 2.37. The van der Waals surface area contributed by atoms with Crippen LogP contribution in [-0.4, -0.2) is 49.2 Å². The summed E-state index contributed by atoms with van der Waals surface area (Å²) in [5, 5.41) is 17.1. The Balaban J connectivity index is 2.25. The van der Waals surface area contributed by atoms with E-state index in [0.29, 0.717) is 11.4 Å². The fourth-order valence-corrected chi connectivity index (χ4v) is 2.16. The number of carboxylic acid groups (broad SMARTS) is 1. The van der Waals surface area contributed by atoms with Crippen LogP contribution in [0.15, 0.2) is 0 Å². The van der Waals surface area contributed by atoms with Crippen molar-refractivity contribution in [2.24, 2.45) is 7.05 Å². The van der Waals surface area contributed by atoms with Crippen LogP contribution in [0.2, 0.25) is 0 Å². The van der Waals surface area contributed by atoms with Crippen LogP contribution in [0.3, 0.4) is 0 Å². The minimum Gasteiger partial charge on any atom is -0.481 e. The van der Waals surface area contributed by atoms with Crippen LogP contribution in [0.1, 0.15) is 38.1 Å². The number of aliphatic carboxylic acids is 1.